The second kappa shape index (κ2) is 12.0. The van der Waals surface area contributed by atoms with E-state index in [0.29, 0.717) is 29.7 Å². The maximum absolute atomic E-state index is 13.8. The van der Waals surface area contributed by atoms with E-state index in [1.807, 2.05) is 56.3 Å². The Hall–Kier alpha value is -4.11. The summed E-state index contributed by atoms with van der Waals surface area (Å²) in [4.78, 5) is 30.2. The number of anilines is 1. The molecule has 2 aromatic carbocycles. The largest absolute Gasteiger partial charge is 0.480 e. The summed E-state index contributed by atoms with van der Waals surface area (Å²) in [5.41, 5.74) is 5.10. The van der Waals surface area contributed by atoms with E-state index >= 15 is 0 Å². The molecule has 1 atom stereocenters. The van der Waals surface area contributed by atoms with E-state index in [9.17, 15) is 19.1 Å². The number of hydrogen-bond donors (Lipinski definition) is 3. The number of nitrogens with one attached hydrogen (secondary N) is 2. The van der Waals surface area contributed by atoms with E-state index in [1.54, 1.807) is 13.1 Å². The fraction of sp³-hybridized carbons (Fsp3) is 0.241. The molecule has 196 valence electrons. The lowest BCUT2D eigenvalue weighted by molar-refractivity contribution is -0.139. The summed E-state index contributed by atoms with van der Waals surface area (Å²) in [6.07, 6.45) is 2.33. The first-order valence-electron chi connectivity index (χ1n) is 12.3. The molecule has 0 spiro atoms. The summed E-state index contributed by atoms with van der Waals surface area (Å²) in [6, 6.07) is 14.9. The number of amides is 1. The number of hydrogen-bond acceptors (Lipinski definition) is 6. The molecule has 1 unspecified atom stereocenters. The summed E-state index contributed by atoms with van der Waals surface area (Å²) in [7, 11) is 0. The van der Waals surface area contributed by atoms with Gasteiger partial charge >= 0.3 is 5.97 Å². The van der Waals surface area contributed by atoms with Crippen molar-refractivity contribution in [2.75, 3.05) is 5.32 Å². The van der Waals surface area contributed by atoms with Crippen molar-refractivity contribution < 1.29 is 19.1 Å². The number of aliphatic carboxylic acids is 1. The Morgan fingerprint density at radius 3 is 2.53 bits per heavy atom. The minimum absolute atomic E-state index is 0.115. The predicted molar refractivity (Wildman–Crippen MR) is 147 cm³/mol. The van der Waals surface area contributed by atoms with Crippen LogP contribution in [0.4, 0.5) is 10.2 Å². The van der Waals surface area contributed by atoms with Crippen molar-refractivity contribution in [1.82, 2.24) is 14.7 Å². The van der Waals surface area contributed by atoms with Gasteiger partial charge in [-0.3, -0.25) is 4.79 Å². The number of nitrogens with zero attached hydrogens (tertiary/aromatic N) is 2. The molecule has 0 aliphatic rings. The zero-order chi connectivity index (χ0) is 27.2. The predicted octanol–water partition coefficient (Wildman–Crippen LogP) is 5.56. The molecule has 7 nitrogen and oxygen atoms in total. The summed E-state index contributed by atoms with van der Waals surface area (Å²) >= 11 is 1.39. The fourth-order valence-corrected chi connectivity index (χ4v) is 5.00. The third-order valence-electron chi connectivity index (χ3n) is 6.20. The Labute approximate surface area is 224 Å². The van der Waals surface area contributed by atoms with E-state index in [2.05, 4.69) is 20.0 Å². The first-order valence-corrected chi connectivity index (χ1v) is 13.0. The normalized spacial score (nSPS) is 11.7. The number of aromatic nitrogens is 2. The Balaban J connectivity index is 1.41. The molecule has 9 heteroatoms. The summed E-state index contributed by atoms with van der Waals surface area (Å²) in [6.45, 7) is 6.04. The number of aryl methyl sites for hydroxylation is 3. The van der Waals surface area contributed by atoms with Gasteiger partial charge in [-0.25, -0.2) is 14.2 Å². The lowest BCUT2D eigenvalue weighted by Gasteiger charge is -2.17. The highest BCUT2D eigenvalue weighted by molar-refractivity contribution is 7.09. The van der Waals surface area contributed by atoms with E-state index in [1.165, 1.54) is 23.7 Å². The van der Waals surface area contributed by atoms with Crippen LogP contribution in [0.3, 0.4) is 0 Å². The summed E-state index contributed by atoms with van der Waals surface area (Å²) in [5.74, 6) is -1.28. The van der Waals surface area contributed by atoms with Crippen molar-refractivity contribution in [3.63, 3.8) is 0 Å². The second-order valence-electron chi connectivity index (χ2n) is 9.13. The zero-order valence-electron chi connectivity index (χ0n) is 21.4. The number of benzene rings is 2. The van der Waals surface area contributed by atoms with E-state index in [0.717, 1.165) is 33.1 Å². The highest BCUT2D eigenvalue weighted by Crippen LogP contribution is 2.26. The summed E-state index contributed by atoms with van der Waals surface area (Å²) in [5, 5.41) is 15.7. The van der Waals surface area contributed by atoms with Gasteiger partial charge in [0.05, 0.1) is 17.1 Å². The number of carbonyl (C=O) groups is 2. The van der Waals surface area contributed by atoms with Crippen molar-refractivity contribution in [1.29, 1.82) is 0 Å². The number of rotatable bonds is 10. The first kappa shape index (κ1) is 26.9. The van der Waals surface area contributed by atoms with Crippen molar-refractivity contribution in [2.45, 2.75) is 46.2 Å². The Morgan fingerprint density at radius 2 is 1.84 bits per heavy atom. The molecule has 0 saturated carbocycles. The molecule has 0 bridgehead atoms. The maximum Gasteiger partial charge on any atom is 0.326 e. The van der Waals surface area contributed by atoms with Crippen LogP contribution in [-0.4, -0.2) is 32.4 Å². The van der Waals surface area contributed by atoms with Crippen LogP contribution in [-0.2, 0) is 24.2 Å². The molecular formula is C29H29FN4O3S. The van der Waals surface area contributed by atoms with E-state index in [4.69, 9.17) is 0 Å². The van der Waals surface area contributed by atoms with Gasteiger partial charge in [0.25, 0.3) is 5.91 Å². The molecule has 2 heterocycles. The lowest BCUT2D eigenvalue weighted by Crippen LogP contribution is -2.42. The number of carboxylic acid groups (broad SMARTS) is 1. The van der Waals surface area contributed by atoms with Crippen molar-refractivity contribution in [2.24, 2.45) is 0 Å². The number of carboxylic acids is 1. The van der Waals surface area contributed by atoms with Crippen molar-refractivity contribution >= 4 is 29.2 Å². The van der Waals surface area contributed by atoms with Gasteiger partial charge in [0.15, 0.2) is 0 Å². The molecule has 2 aromatic heterocycles. The quantitative estimate of drug-likeness (QED) is 0.247. The van der Waals surface area contributed by atoms with Gasteiger partial charge in [-0.15, -0.1) is 0 Å². The van der Waals surface area contributed by atoms with Gasteiger partial charge in [-0.2, -0.15) is 4.37 Å². The van der Waals surface area contributed by atoms with Crippen LogP contribution >= 0.6 is 11.5 Å². The molecule has 1 amide bonds. The van der Waals surface area contributed by atoms with E-state index < -0.39 is 23.7 Å². The summed E-state index contributed by atoms with van der Waals surface area (Å²) < 4.78 is 18.3. The SMILES string of the molecule is CCc1cc(F)cc(C)c1C(=O)NC(Cc1ccc(-c2cc(CNc3cc(C)ccn3)ns2)cc1)C(=O)O. The number of carbonyl (C=O) groups excluding carboxylic acids is 1. The van der Waals surface area contributed by atoms with Crippen LogP contribution in [0.5, 0.6) is 0 Å². The average molecular weight is 533 g/mol. The van der Waals surface area contributed by atoms with Gasteiger partial charge < -0.3 is 15.7 Å². The molecular weight excluding hydrogens is 503 g/mol. The highest BCUT2D eigenvalue weighted by Gasteiger charge is 2.24. The molecule has 38 heavy (non-hydrogen) atoms. The van der Waals surface area contributed by atoms with Crippen molar-refractivity contribution in [3.8, 4) is 10.4 Å². The third-order valence-corrected chi connectivity index (χ3v) is 7.07. The molecule has 4 aromatic rings. The molecule has 0 saturated heterocycles. The van der Waals surface area contributed by atoms with Crippen LogP contribution in [0.2, 0.25) is 0 Å². The second-order valence-corrected chi connectivity index (χ2v) is 9.94. The minimum Gasteiger partial charge on any atom is -0.480 e. The molecule has 0 fully saturated rings. The lowest BCUT2D eigenvalue weighted by atomic mass is 9.98. The van der Waals surface area contributed by atoms with Gasteiger partial charge in [-0.05, 0) is 89.9 Å². The number of halogens is 1. The Morgan fingerprint density at radius 1 is 1.08 bits per heavy atom. The molecule has 0 aliphatic carbocycles. The van der Waals surface area contributed by atoms with Crippen LogP contribution in [0.15, 0.2) is 60.8 Å². The Kier molecular flexibility index (Phi) is 8.48. The van der Waals surface area contributed by atoms with Gasteiger partial charge in [0.2, 0.25) is 0 Å². The van der Waals surface area contributed by atoms with Crippen LogP contribution in [0, 0.1) is 19.7 Å². The van der Waals surface area contributed by atoms with E-state index in [-0.39, 0.29) is 6.42 Å². The topological polar surface area (TPSA) is 104 Å². The highest BCUT2D eigenvalue weighted by atomic mass is 32.1. The minimum atomic E-state index is -1.14. The van der Waals surface area contributed by atoms with Crippen LogP contribution < -0.4 is 10.6 Å². The molecule has 3 N–H and O–H groups in total. The van der Waals surface area contributed by atoms with Crippen molar-refractivity contribution in [3.05, 3.63) is 100 Å². The molecule has 4 rings (SSSR count). The Bertz CT molecular complexity index is 1450. The smallest absolute Gasteiger partial charge is 0.326 e. The average Bonchev–Trinajstić information content (AvgIpc) is 3.36. The zero-order valence-corrected chi connectivity index (χ0v) is 22.2. The standard InChI is InChI=1S/C29H29FN4O3S/c1-4-20-14-22(30)12-18(3)27(20)28(35)33-24(29(36)37)13-19-5-7-21(8-6-19)25-15-23(34-38-25)16-32-26-11-17(2)9-10-31-26/h5-12,14-15,24H,4,13,16H2,1-3H3,(H,31,32)(H,33,35)(H,36,37). The van der Waals surface area contributed by atoms with Gasteiger partial charge in [0, 0.05) is 18.2 Å². The first-order chi connectivity index (χ1) is 18.2. The van der Waals surface area contributed by atoms with Gasteiger partial charge in [0.1, 0.15) is 17.7 Å². The monoisotopic (exact) mass is 532 g/mol. The van der Waals surface area contributed by atoms with Crippen LogP contribution in [0.1, 0.15) is 45.2 Å². The number of pyridine rings is 1. The fourth-order valence-electron chi connectivity index (χ4n) is 4.23. The van der Waals surface area contributed by atoms with Gasteiger partial charge in [-0.1, -0.05) is 31.2 Å². The molecule has 0 aliphatic heterocycles. The van der Waals surface area contributed by atoms with Crippen LogP contribution in [0.25, 0.3) is 10.4 Å². The third kappa shape index (κ3) is 6.60. The molecule has 0 radical (unpaired) electrons. The maximum atomic E-state index is 13.8.